The molecule has 0 radical (unpaired) electrons. The molecule has 1 aliphatic rings. The zero-order chi connectivity index (χ0) is 11.2. The molecule has 15 heavy (non-hydrogen) atoms. The zero-order valence-electron chi connectivity index (χ0n) is 9.35. The third kappa shape index (κ3) is 1.90. The molecule has 0 saturated heterocycles. The number of hydrogen-bond acceptors (Lipinski definition) is 1. The van der Waals surface area contributed by atoms with Gasteiger partial charge in [0.15, 0.2) is 0 Å². The largest absolute Gasteiger partial charge is 0.257 e. The monoisotopic (exact) mass is 246 g/mol. The quantitative estimate of drug-likeness (QED) is 0.749. The Morgan fingerprint density at radius 1 is 1.53 bits per heavy atom. The maximum absolute atomic E-state index is 6.22. The molecule has 1 aromatic rings. The summed E-state index contributed by atoms with van der Waals surface area (Å²) >= 11 is 12.4. The summed E-state index contributed by atoms with van der Waals surface area (Å²) in [5, 5.41) is 5.30. The van der Waals surface area contributed by atoms with Crippen LogP contribution in [0.3, 0.4) is 0 Å². The molecule has 1 heterocycles. The van der Waals surface area contributed by atoms with E-state index < -0.39 is 0 Å². The van der Waals surface area contributed by atoms with Crippen molar-refractivity contribution in [3.8, 4) is 0 Å². The Balaban J connectivity index is 2.25. The number of alkyl halides is 1. The highest BCUT2D eigenvalue weighted by Gasteiger charge is 2.47. The predicted octanol–water partition coefficient (Wildman–Crippen LogP) is 3.33. The van der Waals surface area contributed by atoms with Gasteiger partial charge in [-0.3, -0.25) is 4.68 Å². The number of nitrogens with zero attached hydrogens (tertiary/aromatic N) is 2. The van der Waals surface area contributed by atoms with Gasteiger partial charge in [0.2, 0.25) is 0 Å². The average molecular weight is 247 g/mol. The lowest BCUT2D eigenvalue weighted by Crippen LogP contribution is -2.16. The lowest BCUT2D eigenvalue weighted by molar-refractivity contribution is 0.495. The third-order valence-electron chi connectivity index (χ3n) is 3.53. The zero-order valence-corrected chi connectivity index (χ0v) is 10.9. The van der Waals surface area contributed by atoms with Crippen molar-refractivity contribution in [1.82, 2.24) is 9.78 Å². The molecule has 0 bridgehead atoms. The first-order valence-electron chi connectivity index (χ1n) is 5.28. The van der Waals surface area contributed by atoms with E-state index in [9.17, 15) is 0 Å². The summed E-state index contributed by atoms with van der Waals surface area (Å²) in [5.74, 6) is 0. The van der Waals surface area contributed by atoms with E-state index >= 15 is 0 Å². The van der Waals surface area contributed by atoms with Gasteiger partial charge < -0.3 is 0 Å². The van der Waals surface area contributed by atoms with E-state index in [0.717, 1.165) is 17.3 Å². The van der Waals surface area contributed by atoms with E-state index in [4.69, 9.17) is 23.2 Å². The molecule has 1 aromatic heterocycles. The van der Waals surface area contributed by atoms with Gasteiger partial charge in [0.1, 0.15) is 5.15 Å². The van der Waals surface area contributed by atoms with Crippen molar-refractivity contribution < 1.29 is 0 Å². The van der Waals surface area contributed by atoms with Gasteiger partial charge in [0.05, 0.1) is 5.69 Å². The molecular formula is C11H16Cl2N2. The fourth-order valence-electron chi connectivity index (χ4n) is 2.10. The molecular weight excluding hydrogens is 231 g/mol. The van der Waals surface area contributed by atoms with Crippen molar-refractivity contribution in [2.24, 2.45) is 12.5 Å². The van der Waals surface area contributed by atoms with Crippen molar-refractivity contribution in [3.63, 3.8) is 0 Å². The van der Waals surface area contributed by atoms with Gasteiger partial charge in [-0.15, -0.1) is 11.6 Å². The predicted molar refractivity (Wildman–Crippen MR) is 63.6 cm³/mol. The first-order valence-corrected chi connectivity index (χ1v) is 6.10. The van der Waals surface area contributed by atoms with Crippen LogP contribution in [-0.2, 0) is 13.5 Å². The summed E-state index contributed by atoms with van der Waals surface area (Å²) in [6.45, 7) is 4.09. The number of hydrogen-bond donors (Lipinski definition) is 0. The molecule has 0 spiro atoms. The van der Waals surface area contributed by atoms with Crippen molar-refractivity contribution in [1.29, 1.82) is 0 Å². The minimum absolute atomic E-state index is 0.216. The van der Waals surface area contributed by atoms with E-state index in [1.165, 1.54) is 18.4 Å². The molecule has 1 aliphatic carbocycles. The van der Waals surface area contributed by atoms with E-state index in [-0.39, 0.29) is 10.8 Å². The number of rotatable bonds is 3. The van der Waals surface area contributed by atoms with Crippen LogP contribution in [0.5, 0.6) is 0 Å². The summed E-state index contributed by atoms with van der Waals surface area (Å²) in [7, 11) is 1.88. The van der Waals surface area contributed by atoms with E-state index in [1.807, 2.05) is 14.0 Å². The Morgan fingerprint density at radius 3 is 2.47 bits per heavy atom. The van der Waals surface area contributed by atoms with Gasteiger partial charge in [-0.2, -0.15) is 5.10 Å². The average Bonchev–Trinajstić information content (AvgIpc) is 2.89. The maximum Gasteiger partial charge on any atom is 0.130 e. The van der Waals surface area contributed by atoms with Crippen LogP contribution in [0.25, 0.3) is 0 Å². The van der Waals surface area contributed by atoms with Crippen molar-refractivity contribution in [2.75, 3.05) is 0 Å². The maximum atomic E-state index is 6.22. The standard InChI is InChI=1S/C11H16Cl2N2/c1-7-9(10(13)15(3)14-7)6-11(4-5-11)8(2)12/h8H,4-6H2,1-3H3. The highest BCUT2D eigenvalue weighted by atomic mass is 35.5. The molecule has 1 atom stereocenters. The molecule has 1 fully saturated rings. The summed E-state index contributed by atoms with van der Waals surface area (Å²) < 4.78 is 1.74. The van der Waals surface area contributed by atoms with Crippen LogP contribution in [0.2, 0.25) is 5.15 Å². The van der Waals surface area contributed by atoms with Gasteiger partial charge in [-0.05, 0) is 38.5 Å². The van der Waals surface area contributed by atoms with Crippen LogP contribution in [0.1, 0.15) is 31.0 Å². The van der Waals surface area contributed by atoms with Crippen molar-refractivity contribution >= 4 is 23.2 Å². The van der Waals surface area contributed by atoms with Crippen LogP contribution in [0.4, 0.5) is 0 Å². The van der Waals surface area contributed by atoms with Crippen LogP contribution in [0.15, 0.2) is 0 Å². The first kappa shape index (κ1) is 11.3. The van der Waals surface area contributed by atoms with Crippen LogP contribution >= 0.6 is 23.2 Å². The summed E-state index contributed by atoms with van der Waals surface area (Å²) in [6, 6.07) is 0. The Hall–Kier alpha value is -0.210. The van der Waals surface area contributed by atoms with E-state index in [1.54, 1.807) is 4.68 Å². The van der Waals surface area contributed by atoms with Crippen molar-refractivity contribution in [2.45, 2.75) is 38.5 Å². The van der Waals surface area contributed by atoms with Gasteiger partial charge >= 0.3 is 0 Å². The number of aromatic nitrogens is 2. The molecule has 0 aromatic carbocycles. The Bertz CT molecular complexity index is 378. The highest BCUT2D eigenvalue weighted by Crippen LogP contribution is 2.54. The van der Waals surface area contributed by atoms with E-state index in [2.05, 4.69) is 12.0 Å². The van der Waals surface area contributed by atoms with Gasteiger partial charge in [0, 0.05) is 18.0 Å². The highest BCUT2D eigenvalue weighted by molar-refractivity contribution is 6.30. The Morgan fingerprint density at radius 2 is 2.13 bits per heavy atom. The molecule has 1 saturated carbocycles. The molecule has 0 amide bonds. The molecule has 84 valence electrons. The number of halogens is 2. The third-order valence-corrected chi connectivity index (χ3v) is 4.47. The second kappa shape index (κ2) is 3.67. The fourth-order valence-corrected chi connectivity index (χ4v) is 2.64. The summed E-state index contributed by atoms with van der Waals surface area (Å²) in [6.07, 6.45) is 3.39. The topological polar surface area (TPSA) is 17.8 Å². The minimum atomic E-state index is 0.216. The second-order valence-electron chi connectivity index (χ2n) is 4.63. The first-order chi connectivity index (χ1) is 6.96. The molecule has 0 N–H and O–H groups in total. The Kier molecular flexibility index (Phi) is 2.76. The number of aryl methyl sites for hydroxylation is 2. The van der Waals surface area contributed by atoms with Gasteiger partial charge in [-0.25, -0.2) is 0 Å². The van der Waals surface area contributed by atoms with Crippen molar-refractivity contribution in [3.05, 3.63) is 16.4 Å². The smallest absolute Gasteiger partial charge is 0.130 e. The van der Waals surface area contributed by atoms with Crippen LogP contribution in [-0.4, -0.2) is 15.2 Å². The van der Waals surface area contributed by atoms with Gasteiger partial charge in [-0.1, -0.05) is 11.6 Å². The van der Waals surface area contributed by atoms with E-state index in [0.29, 0.717) is 0 Å². The molecule has 2 rings (SSSR count). The van der Waals surface area contributed by atoms with Gasteiger partial charge in [0.25, 0.3) is 0 Å². The lowest BCUT2D eigenvalue weighted by Gasteiger charge is -2.17. The minimum Gasteiger partial charge on any atom is -0.257 e. The molecule has 4 heteroatoms. The normalized spacial score (nSPS) is 20.3. The lowest BCUT2D eigenvalue weighted by atomic mass is 9.94. The second-order valence-corrected chi connectivity index (χ2v) is 5.65. The van der Waals surface area contributed by atoms with Crippen LogP contribution < -0.4 is 0 Å². The van der Waals surface area contributed by atoms with Crippen LogP contribution in [0, 0.1) is 12.3 Å². The summed E-state index contributed by atoms with van der Waals surface area (Å²) in [4.78, 5) is 0. The Labute approximate surface area is 101 Å². The SMILES string of the molecule is Cc1nn(C)c(Cl)c1CC1(C(C)Cl)CC1. The fraction of sp³-hybridized carbons (Fsp3) is 0.727. The molecule has 1 unspecified atom stereocenters. The molecule has 2 nitrogen and oxygen atoms in total. The summed E-state index contributed by atoms with van der Waals surface area (Å²) in [5.41, 5.74) is 2.48. The molecule has 0 aliphatic heterocycles.